The van der Waals surface area contributed by atoms with Crippen LogP contribution in [0.15, 0.2) is 40.3 Å². The molecule has 6 nitrogen and oxygen atoms in total. The zero-order valence-electron chi connectivity index (χ0n) is 14.0. The number of hydrogen-bond acceptors (Lipinski definition) is 3. The van der Waals surface area contributed by atoms with Crippen molar-refractivity contribution >= 4 is 17.5 Å². The Balaban J connectivity index is 1.90. The molecular formula is C17H24N4O2. The van der Waals surface area contributed by atoms with Crippen LogP contribution in [0.2, 0.25) is 0 Å². The van der Waals surface area contributed by atoms with E-state index in [-0.39, 0.29) is 5.60 Å². The highest BCUT2D eigenvalue weighted by Crippen LogP contribution is 2.26. The van der Waals surface area contributed by atoms with E-state index >= 15 is 0 Å². The summed E-state index contributed by atoms with van der Waals surface area (Å²) in [5, 5.41) is 1.75. The number of nitrogens with zero attached hydrogens (tertiary/aromatic N) is 4. The predicted octanol–water partition coefficient (Wildman–Crippen LogP) is 2.45. The molecule has 124 valence electrons. The second-order valence-electron chi connectivity index (χ2n) is 6.40. The zero-order valence-corrected chi connectivity index (χ0v) is 14.0. The lowest BCUT2D eigenvalue weighted by molar-refractivity contribution is -0.141. The van der Waals surface area contributed by atoms with Crippen LogP contribution in [-0.2, 0) is 9.57 Å². The molecule has 0 unspecified atom stereocenters. The molecule has 2 aliphatic heterocycles. The maximum atomic E-state index is 5.80. The van der Waals surface area contributed by atoms with Gasteiger partial charge < -0.3 is 9.64 Å². The van der Waals surface area contributed by atoms with Crippen LogP contribution >= 0.6 is 0 Å². The quantitative estimate of drug-likeness (QED) is 0.590. The van der Waals surface area contributed by atoms with Gasteiger partial charge in [0.25, 0.3) is 0 Å². The van der Waals surface area contributed by atoms with Gasteiger partial charge in [-0.1, -0.05) is 18.2 Å². The molecule has 2 heterocycles. The van der Waals surface area contributed by atoms with Gasteiger partial charge in [-0.25, -0.2) is 10.1 Å². The summed E-state index contributed by atoms with van der Waals surface area (Å²) in [6.07, 6.45) is 0.766. The second kappa shape index (κ2) is 6.68. The highest BCUT2D eigenvalue weighted by Gasteiger charge is 2.34. The molecule has 0 aromatic heterocycles. The van der Waals surface area contributed by atoms with E-state index < -0.39 is 0 Å². The molecule has 1 aromatic rings. The maximum Gasteiger partial charge on any atom is 0.227 e. The first-order chi connectivity index (χ1) is 11.0. The summed E-state index contributed by atoms with van der Waals surface area (Å²) >= 11 is 0. The number of aliphatic imine (C=N–C) groups is 2. The van der Waals surface area contributed by atoms with Crippen molar-refractivity contribution in [2.45, 2.75) is 25.9 Å². The van der Waals surface area contributed by atoms with E-state index in [2.05, 4.69) is 18.7 Å². The van der Waals surface area contributed by atoms with E-state index in [0.717, 1.165) is 37.0 Å². The summed E-state index contributed by atoms with van der Waals surface area (Å²) in [4.78, 5) is 17.5. The molecule has 2 saturated heterocycles. The molecule has 23 heavy (non-hydrogen) atoms. The SMILES string of the molecule is CN1OC(C)(C)CC1=NC(=Nc1ccccc1)N1CCOCC1. The van der Waals surface area contributed by atoms with Crippen molar-refractivity contribution in [1.29, 1.82) is 0 Å². The van der Waals surface area contributed by atoms with Crippen molar-refractivity contribution < 1.29 is 9.57 Å². The van der Waals surface area contributed by atoms with Gasteiger partial charge in [-0.05, 0) is 26.0 Å². The maximum absolute atomic E-state index is 5.80. The van der Waals surface area contributed by atoms with Crippen LogP contribution in [0.1, 0.15) is 20.3 Å². The van der Waals surface area contributed by atoms with Crippen LogP contribution < -0.4 is 0 Å². The molecule has 0 radical (unpaired) electrons. The lowest BCUT2D eigenvalue weighted by Crippen LogP contribution is -2.40. The Morgan fingerprint density at radius 2 is 1.83 bits per heavy atom. The minimum Gasteiger partial charge on any atom is -0.378 e. The van der Waals surface area contributed by atoms with Crippen molar-refractivity contribution in [3.63, 3.8) is 0 Å². The first kappa shape index (κ1) is 16.0. The van der Waals surface area contributed by atoms with Gasteiger partial charge in [-0.15, -0.1) is 0 Å². The summed E-state index contributed by atoms with van der Waals surface area (Å²) in [6.45, 7) is 7.14. The van der Waals surface area contributed by atoms with Crippen molar-refractivity contribution in [3.05, 3.63) is 30.3 Å². The molecule has 2 aliphatic rings. The van der Waals surface area contributed by atoms with Crippen molar-refractivity contribution in [2.75, 3.05) is 33.4 Å². The lowest BCUT2D eigenvalue weighted by Gasteiger charge is -2.28. The van der Waals surface area contributed by atoms with E-state index in [4.69, 9.17) is 19.6 Å². The molecule has 3 rings (SSSR count). The van der Waals surface area contributed by atoms with Crippen molar-refractivity contribution in [1.82, 2.24) is 9.96 Å². The van der Waals surface area contributed by atoms with Crippen LogP contribution in [0.4, 0.5) is 5.69 Å². The topological polar surface area (TPSA) is 49.7 Å². The number of guanidine groups is 1. The van der Waals surface area contributed by atoms with Crippen LogP contribution in [0.25, 0.3) is 0 Å². The fourth-order valence-corrected chi connectivity index (χ4v) is 2.72. The average Bonchev–Trinajstić information content (AvgIpc) is 2.80. The molecular weight excluding hydrogens is 292 g/mol. The highest BCUT2D eigenvalue weighted by molar-refractivity contribution is 5.97. The van der Waals surface area contributed by atoms with Gasteiger partial charge in [0.05, 0.1) is 24.5 Å². The minimum atomic E-state index is -0.226. The molecule has 1 aromatic carbocycles. The largest absolute Gasteiger partial charge is 0.378 e. The molecule has 0 spiro atoms. The number of morpholine rings is 1. The van der Waals surface area contributed by atoms with E-state index in [1.165, 1.54) is 0 Å². The van der Waals surface area contributed by atoms with Gasteiger partial charge >= 0.3 is 0 Å². The molecule has 0 aliphatic carbocycles. The third kappa shape index (κ3) is 4.09. The number of benzene rings is 1. The Labute approximate surface area is 137 Å². The Kier molecular flexibility index (Phi) is 4.63. The van der Waals surface area contributed by atoms with Gasteiger partial charge in [0.2, 0.25) is 5.96 Å². The Hall–Kier alpha value is -1.92. The summed E-state index contributed by atoms with van der Waals surface area (Å²) in [7, 11) is 1.90. The summed E-state index contributed by atoms with van der Waals surface area (Å²) in [6, 6.07) is 9.92. The summed E-state index contributed by atoms with van der Waals surface area (Å²) < 4.78 is 5.44. The third-order valence-corrected chi connectivity index (χ3v) is 3.84. The molecule has 0 bridgehead atoms. The van der Waals surface area contributed by atoms with Crippen LogP contribution in [0.5, 0.6) is 0 Å². The number of amidine groups is 1. The first-order valence-electron chi connectivity index (χ1n) is 8.00. The number of ether oxygens (including phenoxy) is 1. The molecule has 6 heteroatoms. The Morgan fingerprint density at radius 1 is 1.13 bits per heavy atom. The van der Waals surface area contributed by atoms with Crippen LogP contribution in [0.3, 0.4) is 0 Å². The smallest absolute Gasteiger partial charge is 0.227 e. The van der Waals surface area contributed by atoms with Gasteiger partial charge in [0.1, 0.15) is 5.84 Å². The molecule has 2 fully saturated rings. The molecule has 0 N–H and O–H groups in total. The zero-order chi connectivity index (χ0) is 16.3. The number of hydroxylamine groups is 2. The van der Waals surface area contributed by atoms with E-state index in [1.807, 2.05) is 37.4 Å². The predicted molar refractivity (Wildman–Crippen MR) is 90.9 cm³/mol. The van der Waals surface area contributed by atoms with Gasteiger partial charge in [0.15, 0.2) is 0 Å². The minimum absolute atomic E-state index is 0.226. The molecule has 0 atom stereocenters. The third-order valence-electron chi connectivity index (χ3n) is 3.84. The second-order valence-corrected chi connectivity index (χ2v) is 6.40. The van der Waals surface area contributed by atoms with E-state index in [1.54, 1.807) is 5.06 Å². The number of para-hydroxylation sites is 1. The van der Waals surface area contributed by atoms with Crippen LogP contribution in [-0.4, -0.2) is 60.7 Å². The molecule has 0 saturated carbocycles. The fourth-order valence-electron chi connectivity index (χ4n) is 2.72. The monoisotopic (exact) mass is 316 g/mol. The summed E-state index contributed by atoms with van der Waals surface area (Å²) in [5.41, 5.74) is 0.676. The fraction of sp³-hybridized carbons (Fsp3) is 0.529. The Bertz CT molecular complexity index is 592. The van der Waals surface area contributed by atoms with Crippen LogP contribution in [0, 0.1) is 0 Å². The summed E-state index contributed by atoms with van der Waals surface area (Å²) in [5.74, 6) is 1.62. The Morgan fingerprint density at radius 3 is 2.43 bits per heavy atom. The first-order valence-corrected chi connectivity index (χ1v) is 8.00. The van der Waals surface area contributed by atoms with E-state index in [9.17, 15) is 0 Å². The van der Waals surface area contributed by atoms with Gasteiger partial charge in [-0.3, -0.25) is 4.84 Å². The molecule has 0 amide bonds. The lowest BCUT2D eigenvalue weighted by atomic mass is 10.1. The van der Waals surface area contributed by atoms with E-state index in [0.29, 0.717) is 13.2 Å². The van der Waals surface area contributed by atoms with Crippen molar-refractivity contribution in [2.24, 2.45) is 9.98 Å². The van der Waals surface area contributed by atoms with Gasteiger partial charge in [-0.2, -0.15) is 4.99 Å². The van der Waals surface area contributed by atoms with Gasteiger partial charge in [0, 0.05) is 26.6 Å². The average molecular weight is 316 g/mol. The highest BCUT2D eigenvalue weighted by atomic mass is 16.7. The number of rotatable bonds is 1. The standard InChI is InChI=1S/C17H24N4O2/c1-17(2)13-15(20(3)23-17)19-16(21-9-11-22-12-10-21)18-14-7-5-4-6-8-14/h4-8H,9-13H2,1-3H3. The normalized spacial score (nSPS) is 23.6. The number of hydrogen-bond donors (Lipinski definition) is 0. The van der Waals surface area contributed by atoms with Crippen molar-refractivity contribution in [3.8, 4) is 0 Å².